The fourth-order valence-electron chi connectivity index (χ4n) is 1.12. The zero-order chi connectivity index (χ0) is 11.6. The molecule has 0 radical (unpaired) electrons. The van der Waals surface area contributed by atoms with Gasteiger partial charge in [0.15, 0.2) is 0 Å². The van der Waals surface area contributed by atoms with Crippen LogP contribution >= 0.6 is 11.6 Å². The van der Waals surface area contributed by atoms with Crippen LogP contribution in [-0.4, -0.2) is 41.2 Å². The van der Waals surface area contributed by atoms with Crippen LogP contribution < -0.4 is 0 Å². The molecule has 0 unspecified atom stereocenters. The molecule has 0 aliphatic carbocycles. The third-order valence-electron chi connectivity index (χ3n) is 1.76. The number of likely N-dealkylation sites (tertiary alicyclic amines) is 1. The van der Waals surface area contributed by atoms with Gasteiger partial charge in [-0.1, -0.05) is 0 Å². The molecule has 0 saturated carbocycles. The number of rotatable bonds is 1. The molecule has 5 nitrogen and oxygen atoms in total. The van der Waals surface area contributed by atoms with Crippen molar-refractivity contribution in [2.24, 2.45) is 0 Å². The van der Waals surface area contributed by atoms with Gasteiger partial charge in [0.1, 0.15) is 11.7 Å². The summed E-state index contributed by atoms with van der Waals surface area (Å²) in [5, 5.41) is 0. The fourth-order valence-corrected chi connectivity index (χ4v) is 1.25. The van der Waals surface area contributed by atoms with Crippen LogP contribution in [0, 0.1) is 0 Å². The standard InChI is InChI=1S/C9H14ClNO4/c1-9(2,3)15-8(13)11-4-6(5-11)14-7(10)12/h6H,4-5H2,1-3H3. The Morgan fingerprint density at radius 1 is 1.33 bits per heavy atom. The number of ether oxygens (including phenoxy) is 2. The molecule has 0 N–H and O–H groups in total. The molecule has 0 spiro atoms. The van der Waals surface area contributed by atoms with Crippen molar-refractivity contribution in [3.63, 3.8) is 0 Å². The molecular formula is C9H14ClNO4. The Balaban J connectivity index is 2.27. The van der Waals surface area contributed by atoms with Crippen LogP contribution in [0.2, 0.25) is 0 Å². The molecule has 0 aromatic carbocycles. The highest BCUT2D eigenvalue weighted by molar-refractivity contribution is 6.61. The van der Waals surface area contributed by atoms with Gasteiger partial charge in [-0.25, -0.2) is 9.59 Å². The Morgan fingerprint density at radius 3 is 2.27 bits per heavy atom. The third kappa shape index (κ3) is 3.95. The van der Waals surface area contributed by atoms with Crippen molar-refractivity contribution >= 4 is 23.1 Å². The van der Waals surface area contributed by atoms with Crippen LogP contribution in [0.25, 0.3) is 0 Å². The van der Waals surface area contributed by atoms with Crippen LogP contribution in [0.5, 0.6) is 0 Å². The lowest BCUT2D eigenvalue weighted by Gasteiger charge is -2.38. The number of amides is 1. The normalized spacial score (nSPS) is 16.9. The molecule has 1 rings (SSSR count). The van der Waals surface area contributed by atoms with E-state index in [1.165, 1.54) is 4.90 Å². The van der Waals surface area contributed by atoms with Crippen molar-refractivity contribution in [2.45, 2.75) is 32.5 Å². The summed E-state index contributed by atoms with van der Waals surface area (Å²) in [5.41, 5.74) is -1.35. The van der Waals surface area contributed by atoms with E-state index in [0.717, 1.165) is 0 Å². The highest BCUT2D eigenvalue weighted by Crippen LogP contribution is 2.17. The number of carbonyl (C=O) groups excluding carboxylic acids is 2. The maximum Gasteiger partial charge on any atom is 0.410 e. The first-order valence-electron chi connectivity index (χ1n) is 4.62. The van der Waals surface area contributed by atoms with E-state index in [0.29, 0.717) is 13.1 Å². The zero-order valence-electron chi connectivity index (χ0n) is 8.95. The second kappa shape index (κ2) is 4.26. The van der Waals surface area contributed by atoms with E-state index in [9.17, 15) is 9.59 Å². The lowest BCUT2D eigenvalue weighted by molar-refractivity contribution is -0.0318. The molecule has 1 saturated heterocycles. The molecule has 1 aliphatic heterocycles. The van der Waals surface area contributed by atoms with E-state index in [1.807, 2.05) is 0 Å². The van der Waals surface area contributed by atoms with Crippen molar-refractivity contribution in [1.29, 1.82) is 0 Å². The molecule has 0 aromatic rings. The van der Waals surface area contributed by atoms with Gasteiger partial charge in [-0.15, -0.1) is 0 Å². The molecule has 86 valence electrons. The summed E-state index contributed by atoms with van der Waals surface area (Å²) < 4.78 is 9.78. The van der Waals surface area contributed by atoms with Crippen molar-refractivity contribution in [1.82, 2.24) is 4.90 Å². The van der Waals surface area contributed by atoms with E-state index < -0.39 is 17.1 Å². The Hall–Kier alpha value is -0.970. The van der Waals surface area contributed by atoms with Crippen LogP contribution in [0.4, 0.5) is 9.59 Å². The van der Waals surface area contributed by atoms with Crippen LogP contribution in [0.15, 0.2) is 0 Å². The van der Waals surface area contributed by atoms with Gasteiger partial charge in [0.2, 0.25) is 0 Å². The molecule has 1 amide bonds. The summed E-state index contributed by atoms with van der Waals surface area (Å²) in [5.74, 6) is 0. The second-order valence-corrected chi connectivity index (χ2v) is 4.67. The Bertz CT molecular complexity index is 268. The summed E-state index contributed by atoms with van der Waals surface area (Å²) in [6.45, 7) is 6.06. The molecule has 0 bridgehead atoms. The summed E-state index contributed by atoms with van der Waals surface area (Å²) in [4.78, 5) is 23.2. The molecule has 0 atom stereocenters. The van der Waals surface area contributed by atoms with E-state index in [4.69, 9.17) is 16.3 Å². The zero-order valence-corrected chi connectivity index (χ0v) is 9.71. The van der Waals surface area contributed by atoms with E-state index in [-0.39, 0.29) is 6.10 Å². The minimum absolute atomic E-state index is 0.303. The number of carbonyl (C=O) groups is 2. The average molecular weight is 236 g/mol. The average Bonchev–Trinajstić information content (AvgIpc) is 1.91. The van der Waals surface area contributed by atoms with Crippen molar-refractivity contribution in [3.8, 4) is 0 Å². The minimum atomic E-state index is -0.844. The largest absolute Gasteiger partial charge is 0.447 e. The summed E-state index contributed by atoms with van der Waals surface area (Å²) in [7, 11) is 0. The number of hydrogen-bond donors (Lipinski definition) is 0. The predicted molar refractivity (Wildman–Crippen MR) is 53.9 cm³/mol. The van der Waals surface area contributed by atoms with Crippen molar-refractivity contribution in [3.05, 3.63) is 0 Å². The van der Waals surface area contributed by atoms with Gasteiger partial charge in [-0.05, 0) is 20.8 Å². The molecule has 15 heavy (non-hydrogen) atoms. The predicted octanol–water partition coefficient (Wildman–Crippen LogP) is 1.98. The van der Waals surface area contributed by atoms with Gasteiger partial charge in [-0.3, -0.25) is 0 Å². The maximum absolute atomic E-state index is 11.4. The number of nitrogens with zero attached hydrogens (tertiary/aromatic N) is 1. The minimum Gasteiger partial charge on any atom is -0.447 e. The van der Waals surface area contributed by atoms with Gasteiger partial charge in [0.05, 0.1) is 13.1 Å². The smallest absolute Gasteiger partial charge is 0.410 e. The van der Waals surface area contributed by atoms with E-state index in [1.54, 1.807) is 20.8 Å². The van der Waals surface area contributed by atoms with Gasteiger partial charge >= 0.3 is 11.5 Å². The topological polar surface area (TPSA) is 55.8 Å². The number of halogens is 1. The van der Waals surface area contributed by atoms with Crippen molar-refractivity contribution in [2.75, 3.05) is 13.1 Å². The van der Waals surface area contributed by atoms with Crippen LogP contribution in [0.3, 0.4) is 0 Å². The van der Waals surface area contributed by atoms with E-state index >= 15 is 0 Å². The summed E-state index contributed by atoms with van der Waals surface area (Å²) in [6, 6.07) is 0. The second-order valence-electron chi connectivity index (χ2n) is 4.36. The SMILES string of the molecule is CC(C)(C)OC(=O)N1CC(OC(=O)Cl)C1. The van der Waals surface area contributed by atoms with Gasteiger partial charge in [0, 0.05) is 11.6 Å². The Kier molecular flexibility index (Phi) is 3.44. The molecule has 1 fully saturated rings. The lowest BCUT2D eigenvalue weighted by Crippen LogP contribution is -2.56. The highest BCUT2D eigenvalue weighted by atomic mass is 35.5. The van der Waals surface area contributed by atoms with Crippen molar-refractivity contribution < 1.29 is 19.1 Å². The molecule has 6 heteroatoms. The quantitative estimate of drug-likeness (QED) is 0.652. The fraction of sp³-hybridized carbons (Fsp3) is 0.778. The molecule has 0 aromatic heterocycles. The Labute approximate surface area is 93.3 Å². The van der Waals surface area contributed by atoms with Gasteiger partial charge < -0.3 is 14.4 Å². The summed E-state index contributed by atoms with van der Waals surface area (Å²) in [6.07, 6.45) is -0.702. The first-order chi connectivity index (χ1) is 6.78. The highest BCUT2D eigenvalue weighted by Gasteiger charge is 2.35. The monoisotopic (exact) mass is 235 g/mol. The third-order valence-corrected chi connectivity index (χ3v) is 1.85. The number of hydrogen-bond acceptors (Lipinski definition) is 4. The first-order valence-corrected chi connectivity index (χ1v) is 5.00. The lowest BCUT2D eigenvalue weighted by atomic mass is 10.2. The first kappa shape index (κ1) is 12.1. The molecule has 1 aliphatic rings. The van der Waals surface area contributed by atoms with Gasteiger partial charge in [0.25, 0.3) is 0 Å². The van der Waals surface area contributed by atoms with E-state index in [2.05, 4.69) is 4.74 Å². The van der Waals surface area contributed by atoms with Gasteiger partial charge in [-0.2, -0.15) is 0 Å². The van der Waals surface area contributed by atoms with Crippen LogP contribution in [0.1, 0.15) is 20.8 Å². The molecule has 1 heterocycles. The Morgan fingerprint density at radius 2 is 1.87 bits per heavy atom. The molecular weight excluding hydrogens is 222 g/mol. The maximum atomic E-state index is 11.4. The summed E-state index contributed by atoms with van der Waals surface area (Å²) >= 11 is 5.02. The van der Waals surface area contributed by atoms with Crippen LogP contribution in [-0.2, 0) is 9.47 Å².